The van der Waals surface area contributed by atoms with Gasteiger partial charge in [-0.15, -0.1) is 0 Å². The Morgan fingerprint density at radius 3 is 2.59 bits per heavy atom. The normalized spacial score (nSPS) is 11.0. The number of aromatic nitrogens is 2. The van der Waals surface area contributed by atoms with Crippen molar-refractivity contribution in [2.45, 2.75) is 26.7 Å². The maximum Gasteiger partial charge on any atom is 0.303 e. The molecule has 4 nitrogen and oxygen atoms in total. The van der Waals surface area contributed by atoms with Gasteiger partial charge in [-0.1, -0.05) is 30.3 Å². The van der Waals surface area contributed by atoms with Gasteiger partial charge in [0.15, 0.2) is 0 Å². The third-order valence-corrected chi connectivity index (χ3v) is 3.95. The zero-order valence-electron chi connectivity index (χ0n) is 12.7. The maximum atomic E-state index is 11.0. The summed E-state index contributed by atoms with van der Waals surface area (Å²) in [4.78, 5) is 15.7. The van der Waals surface area contributed by atoms with Crippen LogP contribution in [-0.4, -0.2) is 20.5 Å². The highest BCUT2D eigenvalue weighted by atomic mass is 16.4. The first-order valence-corrected chi connectivity index (χ1v) is 7.31. The van der Waals surface area contributed by atoms with Crippen LogP contribution in [0.2, 0.25) is 0 Å². The SMILES string of the molecule is Cc1cc2nc(-c3ccccc3)c(CCC(=O)O)n2cc1C. The number of rotatable bonds is 4. The molecule has 0 aliphatic rings. The quantitative estimate of drug-likeness (QED) is 0.799. The number of aryl methyl sites for hydroxylation is 3. The average Bonchev–Trinajstić information content (AvgIpc) is 2.84. The molecule has 3 aromatic rings. The number of carboxylic acid groups (broad SMARTS) is 1. The van der Waals surface area contributed by atoms with E-state index in [0.29, 0.717) is 6.42 Å². The second-order valence-corrected chi connectivity index (χ2v) is 5.53. The van der Waals surface area contributed by atoms with E-state index >= 15 is 0 Å². The minimum atomic E-state index is -0.794. The van der Waals surface area contributed by atoms with Crippen LogP contribution in [0.1, 0.15) is 23.2 Å². The van der Waals surface area contributed by atoms with E-state index in [1.54, 1.807) is 0 Å². The van der Waals surface area contributed by atoms with E-state index in [1.165, 1.54) is 11.1 Å². The molecule has 3 rings (SSSR count). The van der Waals surface area contributed by atoms with Crippen molar-refractivity contribution in [1.29, 1.82) is 0 Å². The number of pyridine rings is 1. The lowest BCUT2D eigenvalue weighted by molar-refractivity contribution is -0.136. The zero-order valence-corrected chi connectivity index (χ0v) is 12.7. The van der Waals surface area contributed by atoms with Crippen molar-refractivity contribution in [2.24, 2.45) is 0 Å². The van der Waals surface area contributed by atoms with E-state index in [0.717, 1.165) is 22.6 Å². The van der Waals surface area contributed by atoms with Gasteiger partial charge in [0.05, 0.1) is 17.8 Å². The highest BCUT2D eigenvalue weighted by Gasteiger charge is 2.15. The number of fused-ring (bicyclic) bond motifs is 1. The Kier molecular flexibility index (Phi) is 3.67. The molecule has 0 unspecified atom stereocenters. The van der Waals surface area contributed by atoms with Gasteiger partial charge >= 0.3 is 5.97 Å². The number of carbonyl (C=O) groups is 1. The van der Waals surface area contributed by atoms with Gasteiger partial charge in [-0.2, -0.15) is 0 Å². The fourth-order valence-electron chi connectivity index (χ4n) is 2.63. The standard InChI is InChI=1S/C18H18N2O2/c1-12-10-16-19-18(14-6-4-3-5-7-14)15(8-9-17(21)22)20(16)11-13(12)2/h3-7,10-11H,8-9H2,1-2H3,(H,21,22). The van der Waals surface area contributed by atoms with E-state index in [1.807, 2.05) is 47.0 Å². The second kappa shape index (κ2) is 5.64. The first-order chi connectivity index (χ1) is 10.6. The first kappa shape index (κ1) is 14.3. The molecule has 112 valence electrons. The molecule has 0 atom stereocenters. The minimum absolute atomic E-state index is 0.0978. The topological polar surface area (TPSA) is 54.6 Å². The highest BCUT2D eigenvalue weighted by molar-refractivity contribution is 5.70. The summed E-state index contributed by atoms with van der Waals surface area (Å²) in [6, 6.07) is 12.0. The predicted octanol–water partition coefficient (Wildman–Crippen LogP) is 3.64. The van der Waals surface area contributed by atoms with Crippen molar-refractivity contribution >= 4 is 11.6 Å². The molecule has 22 heavy (non-hydrogen) atoms. The molecule has 0 fully saturated rings. The number of carboxylic acids is 1. The van der Waals surface area contributed by atoms with Crippen LogP contribution in [-0.2, 0) is 11.2 Å². The van der Waals surface area contributed by atoms with E-state index in [-0.39, 0.29) is 6.42 Å². The summed E-state index contributed by atoms with van der Waals surface area (Å²) in [5.41, 5.74) is 6.05. The average molecular weight is 294 g/mol. The van der Waals surface area contributed by atoms with Gasteiger partial charge in [0.1, 0.15) is 5.65 Å². The molecule has 0 amide bonds. The summed E-state index contributed by atoms with van der Waals surface area (Å²) >= 11 is 0. The number of imidazole rings is 1. The van der Waals surface area contributed by atoms with Crippen molar-refractivity contribution < 1.29 is 9.90 Å². The van der Waals surface area contributed by atoms with Gasteiger partial charge in [-0.25, -0.2) is 4.98 Å². The number of aliphatic carboxylic acids is 1. The van der Waals surface area contributed by atoms with Crippen LogP contribution in [0.5, 0.6) is 0 Å². The number of nitrogens with zero attached hydrogens (tertiary/aromatic N) is 2. The molecule has 4 heteroatoms. The Hall–Kier alpha value is -2.62. The lowest BCUT2D eigenvalue weighted by Gasteiger charge is -2.06. The molecule has 1 N–H and O–H groups in total. The molecule has 0 saturated heterocycles. The summed E-state index contributed by atoms with van der Waals surface area (Å²) in [7, 11) is 0. The fourth-order valence-corrected chi connectivity index (χ4v) is 2.63. The minimum Gasteiger partial charge on any atom is -0.481 e. The maximum absolute atomic E-state index is 11.0. The smallest absolute Gasteiger partial charge is 0.303 e. The molecular weight excluding hydrogens is 276 g/mol. The Morgan fingerprint density at radius 2 is 1.91 bits per heavy atom. The molecular formula is C18H18N2O2. The predicted molar refractivity (Wildman–Crippen MR) is 86.1 cm³/mol. The van der Waals surface area contributed by atoms with Crippen LogP contribution in [0.25, 0.3) is 16.9 Å². The van der Waals surface area contributed by atoms with E-state index in [4.69, 9.17) is 10.1 Å². The van der Waals surface area contributed by atoms with Crippen molar-refractivity contribution in [3.63, 3.8) is 0 Å². The third-order valence-electron chi connectivity index (χ3n) is 3.95. The van der Waals surface area contributed by atoms with Crippen LogP contribution >= 0.6 is 0 Å². The van der Waals surface area contributed by atoms with Crippen LogP contribution in [0.15, 0.2) is 42.6 Å². The third kappa shape index (κ3) is 2.60. The van der Waals surface area contributed by atoms with E-state index < -0.39 is 5.97 Å². The van der Waals surface area contributed by atoms with Gasteiger partial charge in [0.25, 0.3) is 0 Å². The lowest BCUT2D eigenvalue weighted by atomic mass is 10.1. The van der Waals surface area contributed by atoms with Gasteiger partial charge in [-0.3, -0.25) is 4.79 Å². The Bertz CT molecular complexity index is 835. The molecule has 0 saturated carbocycles. The van der Waals surface area contributed by atoms with Crippen LogP contribution in [0, 0.1) is 13.8 Å². The highest BCUT2D eigenvalue weighted by Crippen LogP contribution is 2.26. The Labute approximate surface area is 129 Å². The summed E-state index contributed by atoms with van der Waals surface area (Å²) in [5.74, 6) is -0.794. The summed E-state index contributed by atoms with van der Waals surface area (Å²) in [6.07, 6.45) is 2.60. The van der Waals surface area contributed by atoms with Gasteiger partial charge < -0.3 is 9.51 Å². The zero-order chi connectivity index (χ0) is 15.7. The molecule has 0 bridgehead atoms. The van der Waals surface area contributed by atoms with Crippen molar-refractivity contribution in [3.05, 3.63) is 59.4 Å². The lowest BCUT2D eigenvalue weighted by Crippen LogP contribution is -2.02. The molecule has 2 aromatic heterocycles. The summed E-state index contributed by atoms with van der Waals surface area (Å²) in [6.45, 7) is 4.11. The molecule has 1 aromatic carbocycles. The Balaban J connectivity index is 2.21. The van der Waals surface area contributed by atoms with Crippen LogP contribution in [0.3, 0.4) is 0 Å². The van der Waals surface area contributed by atoms with Crippen molar-refractivity contribution in [1.82, 2.24) is 9.38 Å². The van der Waals surface area contributed by atoms with Crippen molar-refractivity contribution in [3.8, 4) is 11.3 Å². The first-order valence-electron chi connectivity index (χ1n) is 7.31. The number of hydrogen-bond acceptors (Lipinski definition) is 2. The summed E-state index contributed by atoms with van der Waals surface area (Å²) in [5, 5.41) is 9.01. The van der Waals surface area contributed by atoms with Crippen LogP contribution < -0.4 is 0 Å². The molecule has 2 heterocycles. The fraction of sp³-hybridized carbons (Fsp3) is 0.222. The van der Waals surface area contributed by atoms with E-state index in [9.17, 15) is 4.79 Å². The summed E-state index contributed by atoms with van der Waals surface area (Å²) < 4.78 is 2.02. The van der Waals surface area contributed by atoms with Gasteiger partial charge in [-0.05, 0) is 31.0 Å². The van der Waals surface area contributed by atoms with E-state index in [2.05, 4.69) is 13.8 Å². The molecule has 0 aliphatic heterocycles. The second-order valence-electron chi connectivity index (χ2n) is 5.53. The monoisotopic (exact) mass is 294 g/mol. The molecule has 0 radical (unpaired) electrons. The molecule has 0 spiro atoms. The van der Waals surface area contributed by atoms with Crippen LogP contribution in [0.4, 0.5) is 0 Å². The Morgan fingerprint density at radius 1 is 1.18 bits per heavy atom. The molecule has 0 aliphatic carbocycles. The van der Waals surface area contributed by atoms with Gasteiger partial charge in [0, 0.05) is 18.2 Å². The largest absolute Gasteiger partial charge is 0.481 e. The van der Waals surface area contributed by atoms with Gasteiger partial charge in [0.2, 0.25) is 0 Å². The number of benzene rings is 1. The number of hydrogen-bond donors (Lipinski definition) is 1. The van der Waals surface area contributed by atoms with Crippen molar-refractivity contribution in [2.75, 3.05) is 0 Å².